The molecule has 0 amide bonds. The maximum absolute atomic E-state index is 11.7. The highest BCUT2D eigenvalue weighted by Crippen LogP contribution is 2.07. The minimum Gasteiger partial charge on any atom is -0.468 e. The van der Waals surface area contributed by atoms with Crippen molar-refractivity contribution in [3.05, 3.63) is 35.9 Å². The summed E-state index contributed by atoms with van der Waals surface area (Å²) in [5.41, 5.74) is 3.89. The quantitative estimate of drug-likeness (QED) is 0.406. The molecule has 4 nitrogen and oxygen atoms in total. The number of ether oxygens (including phenoxy) is 1. The van der Waals surface area contributed by atoms with Gasteiger partial charge in [0, 0.05) is 0 Å². The number of carbonyl (C=O) groups excluding carboxylic acids is 1. The molecule has 1 atom stereocenters. The molecule has 0 aliphatic rings. The molecule has 0 radical (unpaired) electrons. The Balaban J connectivity index is 2.31. The van der Waals surface area contributed by atoms with Gasteiger partial charge in [-0.1, -0.05) is 62.9 Å². The van der Waals surface area contributed by atoms with Gasteiger partial charge in [-0.3, -0.25) is 9.63 Å². The fourth-order valence-electron chi connectivity index (χ4n) is 1.94. The van der Waals surface area contributed by atoms with E-state index in [1.807, 2.05) is 30.3 Å². The maximum atomic E-state index is 11.7. The lowest BCUT2D eigenvalue weighted by molar-refractivity contribution is -0.148. The van der Waals surface area contributed by atoms with E-state index in [-0.39, 0.29) is 12.0 Å². The van der Waals surface area contributed by atoms with Gasteiger partial charge < -0.3 is 4.74 Å². The van der Waals surface area contributed by atoms with E-state index >= 15 is 0 Å². The highest BCUT2D eigenvalue weighted by atomic mass is 16.6. The molecule has 1 unspecified atom stereocenters. The van der Waals surface area contributed by atoms with Gasteiger partial charge in [0.1, 0.15) is 6.04 Å². The highest BCUT2D eigenvalue weighted by Gasteiger charge is 2.18. The Morgan fingerprint density at radius 2 is 1.95 bits per heavy atom. The lowest BCUT2D eigenvalue weighted by Crippen LogP contribution is -2.37. The van der Waals surface area contributed by atoms with E-state index in [2.05, 4.69) is 12.4 Å². The smallest absolute Gasteiger partial charge is 0.325 e. The number of hydrogen-bond donors (Lipinski definition) is 1. The largest absolute Gasteiger partial charge is 0.468 e. The Labute approximate surface area is 121 Å². The SMILES string of the molecule is CCCCCCC(NOCc1ccccc1)C(=O)OC. The minimum absolute atomic E-state index is 0.269. The first kappa shape index (κ1) is 16.7. The molecule has 0 spiro atoms. The second-order valence-corrected chi connectivity index (χ2v) is 4.82. The molecule has 0 heterocycles. The van der Waals surface area contributed by atoms with Crippen molar-refractivity contribution >= 4 is 5.97 Å². The molecule has 0 aromatic heterocycles. The molecule has 0 aliphatic heterocycles. The van der Waals surface area contributed by atoms with Crippen LogP contribution in [-0.4, -0.2) is 19.1 Å². The predicted molar refractivity (Wildman–Crippen MR) is 78.9 cm³/mol. The van der Waals surface area contributed by atoms with Crippen molar-refractivity contribution in [3.8, 4) is 0 Å². The molecule has 0 bridgehead atoms. The molecule has 0 aliphatic carbocycles. The third kappa shape index (κ3) is 6.68. The second-order valence-electron chi connectivity index (χ2n) is 4.82. The van der Waals surface area contributed by atoms with Crippen LogP contribution in [0.25, 0.3) is 0 Å². The molecule has 1 aromatic rings. The van der Waals surface area contributed by atoms with Crippen LogP contribution >= 0.6 is 0 Å². The van der Waals surface area contributed by atoms with E-state index in [0.717, 1.165) is 24.8 Å². The van der Waals surface area contributed by atoms with Gasteiger partial charge in [0.05, 0.1) is 13.7 Å². The van der Waals surface area contributed by atoms with Crippen molar-refractivity contribution in [1.29, 1.82) is 0 Å². The van der Waals surface area contributed by atoms with Crippen LogP contribution in [0.5, 0.6) is 0 Å². The van der Waals surface area contributed by atoms with Crippen LogP contribution in [0.1, 0.15) is 44.6 Å². The molecule has 0 saturated carbocycles. The maximum Gasteiger partial charge on any atom is 0.325 e. The summed E-state index contributed by atoms with van der Waals surface area (Å²) in [7, 11) is 1.40. The van der Waals surface area contributed by atoms with Gasteiger partial charge in [-0.2, -0.15) is 5.48 Å². The number of rotatable bonds is 10. The summed E-state index contributed by atoms with van der Waals surface area (Å²) >= 11 is 0. The Bertz CT molecular complexity index is 367. The summed E-state index contributed by atoms with van der Waals surface area (Å²) in [6.07, 6.45) is 5.24. The van der Waals surface area contributed by atoms with Gasteiger partial charge >= 0.3 is 5.97 Å². The van der Waals surface area contributed by atoms with E-state index in [1.54, 1.807) is 0 Å². The average molecular weight is 279 g/mol. The standard InChI is InChI=1S/C16H25NO3/c1-3-4-5-9-12-15(16(18)19-2)17-20-13-14-10-7-6-8-11-14/h6-8,10-11,15,17H,3-5,9,12-13H2,1-2H3. The summed E-state index contributed by atoms with van der Waals surface area (Å²) in [5, 5.41) is 0. The van der Waals surface area contributed by atoms with Gasteiger partial charge in [0.15, 0.2) is 0 Å². The van der Waals surface area contributed by atoms with Crippen molar-refractivity contribution in [1.82, 2.24) is 5.48 Å². The average Bonchev–Trinajstić information content (AvgIpc) is 2.50. The van der Waals surface area contributed by atoms with E-state index in [4.69, 9.17) is 9.57 Å². The van der Waals surface area contributed by atoms with Crippen LogP contribution < -0.4 is 5.48 Å². The van der Waals surface area contributed by atoms with Crippen LogP contribution in [0, 0.1) is 0 Å². The molecule has 0 fully saturated rings. The zero-order valence-electron chi connectivity index (χ0n) is 12.4. The number of benzene rings is 1. The van der Waals surface area contributed by atoms with Crippen molar-refractivity contribution in [2.75, 3.05) is 7.11 Å². The topological polar surface area (TPSA) is 47.6 Å². The number of hydroxylamine groups is 1. The Morgan fingerprint density at radius 3 is 2.60 bits per heavy atom. The summed E-state index contributed by atoms with van der Waals surface area (Å²) in [6, 6.07) is 9.46. The van der Waals surface area contributed by atoms with E-state index in [0.29, 0.717) is 6.61 Å². The van der Waals surface area contributed by atoms with Gasteiger partial charge in [-0.15, -0.1) is 0 Å². The monoisotopic (exact) mass is 279 g/mol. The zero-order chi connectivity index (χ0) is 14.6. The lowest BCUT2D eigenvalue weighted by atomic mass is 10.1. The van der Waals surface area contributed by atoms with Gasteiger partial charge in [-0.05, 0) is 12.0 Å². The van der Waals surface area contributed by atoms with E-state index < -0.39 is 0 Å². The summed E-state index contributed by atoms with van der Waals surface area (Å²) in [4.78, 5) is 17.1. The number of unbranched alkanes of at least 4 members (excludes halogenated alkanes) is 3. The number of carbonyl (C=O) groups is 1. The van der Waals surface area contributed by atoms with Crippen LogP contribution in [-0.2, 0) is 21.0 Å². The summed E-state index contributed by atoms with van der Waals surface area (Å²) < 4.78 is 4.79. The molecule has 4 heteroatoms. The third-order valence-corrected chi connectivity index (χ3v) is 3.14. The molecular weight excluding hydrogens is 254 g/mol. The second kappa shape index (κ2) is 10.4. The predicted octanol–water partition coefficient (Wildman–Crippen LogP) is 3.22. The molecule has 1 aromatic carbocycles. The van der Waals surface area contributed by atoms with Crippen molar-refractivity contribution < 1.29 is 14.4 Å². The van der Waals surface area contributed by atoms with Gasteiger partial charge in [0.25, 0.3) is 0 Å². The number of methoxy groups -OCH3 is 1. The van der Waals surface area contributed by atoms with Crippen LogP contribution in [0.3, 0.4) is 0 Å². The van der Waals surface area contributed by atoms with Gasteiger partial charge in [-0.25, -0.2) is 0 Å². The van der Waals surface area contributed by atoms with Crippen molar-refractivity contribution in [2.24, 2.45) is 0 Å². The van der Waals surface area contributed by atoms with Crippen molar-refractivity contribution in [3.63, 3.8) is 0 Å². The molecule has 112 valence electrons. The van der Waals surface area contributed by atoms with Gasteiger partial charge in [0.2, 0.25) is 0 Å². The molecule has 0 saturated heterocycles. The minimum atomic E-state index is -0.388. The first-order valence-electron chi connectivity index (χ1n) is 7.27. The first-order chi connectivity index (χ1) is 9.77. The molecule has 1 N–H and O–H groups in total. The molecule has 1 rings (SSSR count). The Morgan fingerprint density at radius 1 is 1.20 bits per heavy atom. The summed E-state index contributed by atoms with van der Waals surface area (Å²) in [5.74, 6) is -0.269. The Hall–Kier alpha value is -1.39. The first-order valence-corrected chi connectivity index (χ1v) is 7.27. The molecule has 20 heavy (non-hydrogen) atoms. The van der Waals surface area contributed by atoms with Crippen LogP contribution in [0.2, 0.25) is 0 Å². The third-order valence-electron chi connectivity index (χ3n) is 3.14. The fraction of sp³-hybridized carbons (Fsp3) is 0.562. The number of hydrogen-bond acceptors (Lipinski definition) is 4. The zero-order valence-corrected chi connectivity index (χ0v) is 12.4. The number of esters is 1. The van der Waals surface area contributed by atoms with Crippen LogP contribution in [0.15, 0.2) is 30.3 Å². The fourth-order valence-corrected chi connectivity index (χ4v) is 1.94. The normalized spacial score (nSPS) is 12.1. The molecular formula is C16H25NO3. The number of nitrogens with one attached hydrogen (secondary N) is 1. The van der Waals surface area contributed by atoms with Crippen LogP contribution in [0.4, 0.5) is 0 Å². The van der Waals surface area contributed by atoms with E-state index in [1.165, 1.54) is 20.0 Å². The van der Waals surface area contributed by atoms with E-state index in [9.17, 15) is 4.79 Å². The lowest BCUT2D eigenvalue weighted by Gasteiger charge is -2.16. The summed E-state index contributed by atoms with van der Waals surface area (Å²) in [6.45, 7) is 2.60. The van der Waals surface area contributed by atoms with Crippen molar-refractivity contribution in [2.45, 2.75) is 51.7 Å². The highest BCUT2D eigenvalue weighted by molar-refractivity contribution is 5.75. The Kier molecular flexibility index (Phi) is 8.67.